The molecule has 0 atom stereocenters. The van der Waals surface area contributed by atoms with Crippen molar-refractivity contribution in [3.63, 3.8) is 0 Å². The van der Waals surface area contributed by atoms with Gasteiger partial charge in [-0.15, -0.1) is 0 Å². The molecule has 116 valence electrons. The van der Waals surface area contributed by atoms with Crippen molar-refractivity contribution in [2.45, 2.75) is 26.4 Å². The number of hydrogen-bond acceptors (Lipinski definition) is 3. The van der Waals surface area contributed by atoms with Gasteiger partial charge in [-0.25, -0.2) is 4.98 Å². The van der Waals surface area contributed by atoms with E-state index in [0.717, 1.165) is 21.6 Å². The average molecular weight is 364 g/mol. The van der Waals surface area contributed by atoms with Crippen LogP contribution in [0.2, 0.25) is 0 Å². The summed E-state index contributed by atoms with van der Waals surface area (Å²) >= 11 is 3.45. The zero-order valence-electron chi connectivity index (χ0n) is 12.8. The summed E-state index contributed by atoms with van der Waals surface area (Å²) in [6.45, 7) is 5.20. The van der Waals surface area contributed by atoms with E-state index in [1.54, 1.807) is 11.9 Å². The second kappa shape index (κ2) is 5.76. The fraction of sp³-hybridized carbons (Fsp3) is 0.375. The first-order valence-corrected chi connectivity index (χ1v) is 8.03. The van der Waals surface area contributed by atoms with Crippen LogP contribution in [0, 0.1) is 0 Å². The van der Waals surface area contributed by atoms with Crippen LogP contribution in [0.3, 0.4) is 0 Å². The predicted molar refractivity (Wildman–Crippen MR) is 88.1 cm³/mol. The highest BCUT2D eigenvalue weighted by molar-refractivity contribution is 9.10. The standard InChI is InChI=1S/C16H18BrN3O2/c1-10(2)19(3)16(21)13-9-20-6-7-22-14-8-11(17)4-5-12(14)15(20)18-13/h4-5,8-10H,6-7H2,1-3H3. The third-order valence-corrected chi connectivity index (χ3v) is 4.36. The first-order chi connectivity index (χ1) is 10.5. The van der Waals surface area contributed by atoms with Gasteiger partial charge >= 0.3 is 0 Å². The lowest BCUT2D eigenvalue weighted by Gasteiger charge is -2.20. The topological polar surface area (TPSA) is 47.4 Å². The molecule has 6 heteroatoms. The minimum atomic E-state index is -0.0600. The summed E-state index contributed by atoms with van der Waals surface area (Å²) in [6, 6.07) is 5.99. The van der Waals surface area contributed by atoms with Gasteiger partial charge in [0.25, 0.3) is 5.91 Å². The first kappa shape index (κ1) is 15.1. The van der Waals surface area contributed by atoms with Crippen LogP contribution >= 0.6 is 15.9 Å². The fourth-order valence-corrected chi connectivity index (χ4v) is 2.71. The fourth-order valence-electron chi connectivity index (χ4n) is 2.37. The number of imidazole rings is 1. The summed E-state index contributed by atoms with van der Waals surface area (Å²) in [5.41, 5.74) is 1.38. The van der Waals surface area contributed by atoms with Gasteiger partial charge < -0.3 is 14.2 Å². The lowest BCUT2D eigenvalue weighted by Crippen LogP contribution is -2.33. The number of ether oxygens (including phenoxy) is 1. The highest BCUT2D eigenvalue weighted by atomic mass is 79.9. The highest BCUT2D eigenvalue weighted by Gasteiger charge is 2.23. The van der Waals surface area contributed by atoms with Gasteiger partial charge in [-0.05, 0) is 32.0 Å². The van der Waals surface area contributed by atoms with Crippen LogP contribution in [0.4, 0.5) is 0 Å². The average Bonchev–Trinajstić information content (AvgIpc) is 2.82. The van der Waals surface area contributed by atoms with Gasteiger partial charge in [-0.1, -0.05) is 15.9 Å². The summed E-state index contributed by atoms with van der Waals surface area (Å²) in [4.78, 5) is 18.7. The molecule has 1 aliphatic rings. The Bertz CT molecular complexity index is 724. The van der Waals surface area contributed by atoms with E-state index in [2.05, 4.69) is 20.9 Å². The van der Waals surface area contributed by atoms with E-state index in [0.29, 0.717) is 18.8 Å². The molecule has 2 aromatic rings. The van der Waals surface area contributed by atoms with Crippen LogP contribution < -0.4 is 4.74 Å². The molecule has 1 aromatic carbocycles. The number of amides is 1. The van der Waals surface area contributed by atoms with E-state index in [1.165, 1.54) is 0 Å². The Kier molecular flexibility index (Phi) is 3.95. The van der Waals surface area contributed by atoms with Crippen LogP contribution in [-0.2, 0) is 6.54 Å². The summed E-state index contributed by atoms with van der Waals surface area (Å²) < 4.78 is 8.72. The minimum absolute atomic E-state index is 0.0600. The van der Waals surface area contributed by atoms with Crippen LogP contribution in [0.25, 0.3) is 11.4 Å². The molecule has 0 unspecified atom stereocenters. The molecule has 3 rings (SSSR count). The molecule has 0 aliphatic carbocycles. The number of hydrogen-bond donors (Lipinski definition) is 0. The first-order valence-electron chi connectivity index (χ1n) is 7.24. The highest BCUT2D eigenvalue weighted by Crippen LogP contribution is 2.34. The molecule has 0 N–H and O–H groups in total. The Hall–Kier alpha value is -1.82. The lowest BCUT2D eigenvalue weighted by molar-refractivity contribution is 0.0749. The second-order valence-electron chi connectivity index (χ2n) is 5.64. The number of rotatable bonds is 2. The molecular formula is C16H18BrN3O2. The maximum absolute atomic E-state index is 12.5. The number of nitrogens with zero attached hydrogens (tertiary/aromatic N) is 3. The van der Waals surface area contributed by atoms with Crippen molar-refractivity contribution in [1.29, 1.82) is 0 Å². The Morgan fingerprint density at radius 2 is 2.23 bits per heavy atom. The third kappa shape index (κ3) is 2.63. The van der Waals surface area contributed by atoms with Crippen molar-refractivity contribution < 1.29 is 9.53 Å². The summed E-state index contributed by atoms with van der Waals surface area (Å²) in [5, 5.41) is 0. The Morgan fingerprint density at radius 3 is 2.95 bits per heavy atom. The predicted octanol–water partition coefficient (Wildman–Crippen LogP) is 3.19. The van der Waals surface area contributed by atoms with Gasteiger partial charge in [-0.3, -0.25) is 4.79 Å². The van der Waals surface area contributed by atoms with Crippen molar-refractivity contribution in [2.75, 3.05) is 13.7 Å². The van der Waals surface area contributed by atoms with Crippen molar-refractivity contribution in [3.05, 3.63) is 34.6 Å². The molecule has 0 fully saturated rings. The molecular weight excluding hydrogens is 346 g/mol. The minimum Gasteiger partial charge on any atom is -0.491 e. The Morgan fingerprint density at radius 1 is 1.45 bits per heavy atom. The van der Waals surface area contributed by atoms with E-state index >= 15 is 0 Å². The lowest BCUT2D eigenvalue weighted by atomic mass is 10.2. The molecule has 5 nitrogen and oxygen atoms in total. The van der Waals surface area contributed by atoms with Gasteiger partial charge in [0.2, 0.25) is 0 Å². The van der Waals surface area contributed by atoms with Crippen LogP contribution in [0.15, 0.2) is 28.9 Å². The summed E-state index contributed by atoms with van der Waals surface area (Å²) in [5.74, 6) is 1.51. The van der Waals surface area contributed by atoms with Crippen LogP contribution in [-0.4, -0.2) is 40.1 Å². The van der Waals surface area contributed by atoms with Gasteiger partial charge in [0.05, 0.1) is 12.1 Å². The monoisotopic (exact) mass is 363 g/mol. The van der Waals surface area contributed by atoms with E-state index in [9.17, 15) is 4.79 Å². The van der Waals surface area contributed by atoms with Crippen LogP contribution in [0.5, 0.6) is 5.75 Å². The van der Waals surface area contributed by atoms with Crippen molar-refractivity contribution in [3.8, 4) is 17.1 Å². The quantitative estimate of drug-likeness (QED) is 0.822. The molecule has 22 heavy (non-hydrogen) atoms. The van der Waals surface area contributed by atoms with Crippen molar-refractivity contribution >= 4 is 21.8 Å². The Balaban J connectivity index is 2.04. The molecule has 0 radical (unpaired) electrons. The smallest absolute Gasteiger partial charge is 0.274 e. The number of halogens is 1. The molecule has 0 spiro atoms. The van der Waals surface area contributed by atoms with Crippen LogP contribution in [0.1, 0.15) is 24.3 Å². The molecule has 1 aromatic heterocycles. The van der Waals surface area contributed by atoms with Crippen molar-refractivity contribution in [2.24, 2.45) is 0 Å². The number of aromatic nitrogens is 2. The molecule has 0 bridgehead atoms. The number of benzene rings is 1. The summed E-state index contributed by atoms with van der Waals surface area (Å²) in [6.07, 6.45) is 1.82. The van der Waals surface area contributed by atoms with E-state index in [4.69, 9.17) is 4.74 Å². The number of fused-ring (bicyclic) bond motifs is 3. The van der Waals surface area contributed by atoms with Gasteiger partial charge in [0.15, 0.2) is 0 Å². The van der Waals surface area contributed by atoms with E-state index in [-0.39, 0.29) is 11.9 Å². The molecule has 0 saturated heterocycles. The second-order valence-corrected chi connectivity index (χ2v) is 6.56. The molecule has 1 aliphatic heterocycles. The maximum Gasteiger partial charge on any atom is 0.274 e. The van der Waals surface area contributed by atoms with E-state index in [1.807, 2.05) is 42.8 Å². The summed E-state index contributed by atoms with van der Waals surface area (Å²) in [7, 11) is 1.80. The Labute approximate surface area is 138 Å². The normalized spacial score (nSPS) is 13.1. The largest absolute Gasteiger partial charge is 0.491 e. The SMILES string of the molecule is CC(C)N(C)C(=O)c1cn2c(n1)-c1ccc(Br)cc1OCC2. The maximum atomic E-state index is 12.5. The third-order valence-electron chi connectivity index (χ3n) is 3.86. The van der Waals surface area contributed by atoms with Crippen molar-refractivity contribution in [1.82, 2.24) is 14.5 Å². The molecule has 2 heterocycles. The molecule has 0 saturated carbocycles. The van der Waals surface area contributed by atoms with Gasteiger partial charge in [-0.2, -0.15) is 0 Å². The van der Waals surface area contributed by atoms with Gasteiger partial charge in [0, 0.05) is 23.8 Å². The zero-order chi connectivity index (χ0) is 15.9. The zero-order valence-corrected chi connectivity index (χ0v) is 14.4. The van der Waals surface area contributed by atoms with E-state index < -0.39 is 0 Å². The molecule has 1 amide bonds. The number of carbonyl (C=O) groups excluding carboxylic acids is 1. The number of carbonyl (C=O) groups is 1. The van der Waals surface area contributed by atoms with Gasteiger partial charge in [0.1, 0.15) is 23.9 Å².